The largest absolute Gasteiger partial charge is 0.384 e. The van der Waals surface area contributed by atoms with Crippen molar-refractivity contribution in [1.82, 2.24) is 5.32 Å². The Bertz CT molecular complexity index is 512. The van der Waals surface area contributed by atoms with Crippen LogP contribution in [0.1, 0.15) is 35.3 Å². The number of amides is 1. The summed E-state index contributed by atoms with van der Waals surface area (Å²) in [4.78, 5) is 12.1. The minimum atomic E-state index is -0.192. The van der Waals surface area contributed by atoms with Crippen LogP contribution in [0.3, 0.4) is 0 Å². The molecule has 2 N–H and O–H groups in total. The van der Waals surface area contributed by atoms with Crippen molar-refractivity contribution < 1.29 is 14.6 Å². The molecule has 0 aliphatic carbocycles. The molecule has 0 unspecified atom stereocenters. The molecule has 4 heteroatoms. The van der Waals surface area contributed by atoms with Crippen molar-refractivity contribution in [2.75, 3.05) is 19.8 Å². The summed E-state index contributed by atoms with van der Waals surface area (Å²) in [5.74, 6) is 5.29. The van der Waals surface area contributed by atoms with Gasteiger partial charge in [-0.15, -0.1) is 0 Å². The van der Waals surface area contributed by atoms with E-state index in [1.165, 1.54) is 0 Å². The lowest BCUT2D eigenvalue weighted by molar-refractivity contribution is 0.0746. The summed E-state index contributed by atoms with van der Waals surface area (Å²) < 4.78 is 5.37. The zero-order valence-electron chi connectivity index (χ0n) is 12.2. The molecule has 0 saturated heterocycles. The van der Waals surface area contributed by atoms with Crippen molar-refractivity contribution in [3.05, 3.63) is 34.9 Å². The molecule has 0 aromatic heterocycles. The summed E-state index contributed by atoms with van der Waals surface area (Å²) in [5.41, 5.74) is 2.17. The predicted octanol–water partition coefficient (Wildman–Crippen LogP) is 1.49. The van der Waals surface area contributed by atoms with Gasteiger partial charge in [-0.05, 0) is 38.5 Å². The molecule has 0 spiro atoms. The maximum absolute atomic E-state index is 12.1. The summed E-state index contributed by atoms with van der Waals surface area (Å²) in [5, 5.41) is 11.5. The van der Waals surface area contributed by atoms with Crippen molar-refractivity contribution in [2.24, 2.45) is 0 Å². The number of hydrogen-bond acceptors (Lipinski definition) is 3. The smallest absolute Gasteiger partial charge is 0.251 e. The Morgan fingerprint density at radius 1 is 1.45 bits per heavy atom. The fourth-order valence-electron chi connectivity index (χ4n) is 1.71. The number of aliphatic hydroxyl groups is 1. The molecule has 4 nitrogen and oxygen atoms in total. The summed E-state index contributed by atoms with van der Waals surface area (Å²) >= 11 is 0. The van der Waals surface area contributed by atoms with Crippen molar-refractivity contribution in [1.29, 1.82) is 0 Å². The number of hydrogen-bond donors (Lipinski definition) is 2. The maximum atomic E-state index is 12.1. The first kappa shape index (κ1) is 16.2. The van der Waals surface area contributed by atoms with Crippen LogP contribution in [-0.2, 0) is 4.74 Å². The van der Waals surface area contributed by atoms with Crippen molar-refractivity contribution in [2.45, 2.75) is 26.9 Å². The lowest BCUT2D eigenvalue weighted by Gasteiger charge is -2.10. The number of rotatable bonds is 5. The predicted molar refractivity (Wildman–Crippen MR) is 78.6 cm³/mol. The van der Waals surface area contributed by atoms with E-state index < -0.39 is 0 Å². The van der Waals surface area contributed by atoms with E-state index in [0.717, 1.165) is 11.1 Å². The summed E-state index contributed by atoms with van der Waals surface area (Å²) in [6.07, 6.45) is 0.158. The highest BCUT2D eigenvalue weighted by Crippen LogP contribution is 2.12. The number of ether oxygens (including phenoxy) is 1. The maximum Gasteiger partial charge on any atom is 0.251 e. The van der Waals surface area contributed by atoms with Gasteiger partial charge in [0.15, 0.2) is 0 Å². The Labute approximate surface area is 120 Å². The van der Waals surface area contributed by atoms with Gasteiger partial charge >= 0.3 is 0 Å². The van der Waals surface area contributed by atoms with Gasteiger partial charge in [-0.3, -0.25) is 4.79 Å². The Morgan fingerprint density at radius 2 is 2.20 bits per heavy atom. The first-order chi connectivity index (χ1) is 9.56. The lowest BCUT2D eigenvalue weighted by Crippen LogP contribution is -2.28. The molecule has 1 aromatic carbocycles. The standard InChI is InChI=1S/C16H21NO3/c1-12(2)20-11-9-17-16(19)15-8-4-6-14(13(15)3)7-5-10-18/h4,6,8,12,18H,9-11H2,1-3H3,(H,17,19). The molecule has 0 radical (unpaired) electrons. The summed E-state index contributed by atoms with van der Waals surface area (Å²) in [6.45, 7) is 6.53. The molecule has 0 heterocycles. The quantitative estimate of drug-likeness (QED) is 0.632. The lowest BCUT2D eigenvalue weighted by atomic mass is 10.0. The third-order valence-electron chi connectivity index (χ3n) is 2.72. The van der Waals surface area contributed by atoms with E-state index in [1.54, 1.807) is 12.1 Å². The van der Waals surface area contributed by atoms with Crippen LogP contribution in [-0.4, -0.2) is 36.9 Å². The third kappa shape index (κ3) is 5.04. The van der Waals surface area contributed by atoms with Gasteiger partial charge in [0.25, 0.3) is 5.91 Å². The van der Waals surface area contributed by atoms with E-state index in [2.05, 4.69) is 17.2 Å². The second-order valence-corrected chi connectivity index (χ2v) is 4.61. The number of carbonyl (C=O) groups excluding carboxylic acids is 1. The Kier molecular flexibility index (Phi) is 6.78. The van der Waals surface area contributed by atoms with E-state index >= 15 is 0 Å². The van der Waals surface area contributed by atoms with Crippen molar-refractivity contribution >= 4 is 5.91 Å². The van der Waals surface area contributed by atoms with E-state index in [1.807, 2.05) is 26.8 Å². The van der Waals surface area contributed by atoms with Crippen LogP contribution in [0.5, 0.6) is 0 Å². The zero-order chi connectivity index (χ0) is 15.0. The van der Waals surface area contributed by atoms with Crippen LogP contribution in [0, 0.1) is 18.8 Å². The molecule has 0 bridgehead atoms. The van der Waals surface area contributed by atoms with Gasteiger partial charge in [0, 0.05) is 17.7 Å². The topological polar surface area (TPSA) is 58.6 Å². The Balaban J connectivity index is 2.68. The van der Waals surface area contributed by atoms with Crippen molar-refractivity contribution in [3.63, 3.8) is 0 Å². The molecule has 108 valence electrons. The van der Waals surface area contributed by atoms with Crippen LogP contribution < -0.4 is 5.32 Å². The van der Waals surface area contributed by atoms with E-state index in [0.29, 0.717) is 18.7 Å². The van der Waals surface area contributed by atoms with Crippen LogP contribution in [0.25, 0.3) is 0 Å². The fourth-order valence-corrected chi connectivity index (χ4v) is 1.71. The first-order valence-corrected chi connectivity index (χ1v) is 6.65. The molecule has 0 saturated carbocycles. The molecule has 0 atom stereocenters. The first-order valence-electron chi connectivity index (χ1n) is 6.65. The van der Waals surface area contributed by atoms with Gasteiger partial charge in [0.2, 0.25) is 0 Å². The average Bonchev–Trinajstić information content (AvgIpc) is 2.42. The highest BCUT2D eigenvalue weighted by Gasteiger charge is 2.10. The molecule has 0 aliphatic rings. The Hall–Kier alpha value is -1.83. The van der Waals surface area contributed by atoms with Gasteiger partial charge in [0.05, 0.1) is 12.7 Å². The third-order valence-corrected chi connectivity index (χ3v) is 2.72. The van der Waals surface area contributed by atoms with E-state index in [-0.39, 0.29) is 18.6 Å². The zero-order valence-corrected chi connectivity index (χ0v) is 12.2. The molecule has 1 aromatic rings. The molecular weight excluding hydrogens is 254 g/mol. The average molecular weight is 275 g/mol. The minimum absolute atomic E-state index is 0.137. The van der Waals surface area contributed by atoms with E-state index in [9.17, 15) is 4.79 Å². The van der Waals surface area contributed by atoms with Gasteiger partial charge in [-0.1, -0.05) is 17.9 Å². The number of aliphatic hydroxyl groups excluding tert-OH is 1. The number of nitrogens with one attached hydrogen (secondary N) is 1. The molecule has 1 amide bonds. The van der Waals surface area contributed by atoms with Gasteiger partial charge in [-0.25, -0.2) is 0 Å². The van der Waals surface area contributed by atoms with Crippen LogP contribution in [0.15, 0.2) is 18.2 Å². The number of carbonyl (C=O) groups is 1. The van der Waals surface area contributed by atoms with Gasteiger partial charge < -0.3 is 15.2 Å². The summed E-state index contributed by atoms with van der Waals surface area (Å²) in [6, 6.07) is 5.38. The Morgan fingerprint density at radius 3 is 2.85 bits per heavy atom. The van der Waals surface area contributed by atoms with Crippen LogP contribution >= 0.6 is 0 Å². The monoisotopic (exact) mass is 275 g/mol. The second kappa shape index (κ2) is 8.36. The van der Waals surface area contributed by atoms with E-state index in [4.69, 9.17) is 9.84 Å². The minimum Gasteiger partial charge on any atom is -0.384 e. The second-order valence-electron chi connectivity index (χ2n) is 4.61. The molecule has 0 fully saturated rings. The molecular formula is C16H21NO3. The van der Waals surface area contributed by atoms with Crippen molar-refractivity contribution in [3.8, 4) is 11.8 Å². The fraction of sp³-hybridized carbons (Fsp3) is 0.438. The highest BCUT2D eigenvalue weighted by molar-refractivity contribution is 5.96. The molecule has 1 rings (SSSR count). The molecule has 0 aliphatic heterocycles. The van der Waals surface area contributed by atoms with Gasteiger partial charge in [0.1, 0.15) is 6.61 Å². The summed E-state index contributed by atoms with van der Waals surface area (Å²) in [7, 11) is 0. The van der Waals surface area contributed by atoms with Crippen LogP contribution in [0.2, 0.25) is 0 Å². The normalized spacial score (nSPS) is 10.1. The number of benzene rings is 1. The van der Waals surface area contributed by atoms with Crippen LogP contribution in [0.4, 0.5) is 0 Å². The van der Waals surface area contributed by atoms with Gasteiger partial charge in [-0.2, -0.15) is 0 Å². The highest BCUT2D eigenvalue weighted by atomic mass is 16.5. The SMILES string of the molecule is Cc1c(C#CCO)cccc1C(=O)NCCOC(C)C. The molecule has 20 heavy (non-hydrogen) atoms.